The Morgan fingerprint density at radius 3 is 2.61 bits per heavy atom. The molecule has 1 aromatic carbocycles. The van der Waals surface area contributed by atoms with E-state index < -0.39 is 0 Å². The third kappa shape index (κ3) is 3.56. The molecule has 0 N–H and O–H groups in total. The number of carbonyl (C=O) groups excluding carboxylic acids is 1. The van der Waals surface area contributed by atoms with Gasteiger partial charge in [-0.1, -0.05) is 30.7 Å². The second kappa shape index (κ2) is 6.35. The van der Waals surface area contributed by atoms with E-state index in [4.69, 9.17) is 16.3 Å². The molecule has 0 saturated heterocycles. The van der Waals surface area contributed by atoms with Crippen molar-refractivity contribution >= 4 is 17.4 Å². The van der Waals surface area contributed by atoms with E-state index in [-0.39, 0.29) is 18.5 Å². The van der Waals surface area contributed by atoms with Crippen LogP contribution in [0.3, 0.4) is 0 Å². The minimum atomic E-state index is -0.0285. The summed E-state index contributed by atoms with van der Waals surface area (Å²) < 4.78 is 5.69. The predicted molar refractivity (Wildman–Crippen MR) is 73.2 cm³/mol. The van der Waals surface area contributed by atoms with Gasteiger partial charge < -0.3 is 4.74 Å². The second-order valence-electron chi connectivity index (χ2n) is 5.10. The number of hydrogen-bond acceptors (Lipinski definition) is 2. The van der Waals surface area contributed by atoms with Crippen molar-refractivity contribution in [2.45, 2.75) is 38.7 Å². The lowest BCUT2D eigenvalue weighted by Crippen LogP contribution is -2.23. The van der Waals surface area contributed by atoms with Gasteiger partial charge in [-0.05, 0) is 43.7 Å². The zero-order valence-corrected chi connectivity index (χ0v) is 11.5. The number of ether oxygens (including phenoxy) is 1. The summed E-state index contributed by atoms with van der Waals surface area (Å²) in [5, 5.41) is 0.503. The van der Waals surface area contributed by atoms with Crippen LogP contribution in [0.5, 0.6) is 0 Å². The van der Waals surface area contributed by atoms with E-state index in [0.717, 1.165) is 18.8 Å². The third-order valence-electron chi connectivity index (χ3n) is 3.59. The molecular weight excluding hydrogens is 248 g/mol. The minimum Gasteiger partial charge on any atom is -0.370 e. The van der Waals surface area contributed by atoms with Gasteiger partial charge in [0.15, 0.2) is 5.78 Å². The predicted octanol–water partition coefficient (Wildman–Crippen LogP) is 4.12. The lowest BCUT2D eigenvalue weighted by atomic mass is 9.89. The Balaban J connectivity index is 1.84. The maximum absolute atomic E-state index is 12.0. The summed E-state index contributed by atoms with van der Waals surface area (Å²) in [5.74, 6) is 0.767. The van der Waals surface area contributed by atoms with Crippen LogP contribution in [-0.2, 0) is 4.74 Å². The highest BCUT2D eigenvalue weighted by Gasteiger charge is 2.20. The average molecular weight is 267 g/mol. The first kappa shape index (κ1) is 13.6. The van der Waals surface area contributed by atoms with Crippen LogP contribution in [0.25, 0.3) is 0 Å². The Morgan fingerprint density at radius 1 is 1.28 bits per heavy atom. The number of rotatable bonds is 4. The molecule has 2 nitrogen and oxygen atoms in total. The molecule has 3 heteroatoms. The molecule has 0 spiro atoms. The summed E-state index contributed by atoms with van der Waals surface area (Å²) in [6.07, 6.45) is 4.77. The molecule has 2 rings (SSSR count). The zero-order valence-electron chi connectivity index (χ0n) is 10.7. The summed E-state index contributed by atoms with van der Waals surface area (Å²) in [6, 6.07) is 7.12. The first-order valence-corrected chi connectivity index (χ1v) is 6.94. The average Bonchev–Trinajstić information content (AvgIpc) is 2.38. The van der Waals surface area contributed by atoms with Crippen LogP contribution in [0.4, 0.5) is 0 Å². The molecule has 98 valence electrons. The van der Waals surface area contributed by atoms with E-state index in [1.54, 1.807) is 12.1 Å². The highest BCUT2D eigenvalue weighted by Crippen LogP contribution is 2.25. The van der Waals surface area contributed by atoms with E-state index in [0.29, 0.717) is 10.6 Å². The maximum atomic E-state index is 12.0. The number of halogens is 1. The molecule has 1 aliphatic rings. The molecule has 0 unspecified atom stereocenters. The van der Waals surface area contributed by atoms with Crippen molar-refractivity contribution in [1.29, 1.82) is 0 Å². The first-order valence-electron chi connectivity index (χ1n) is 6.56. The maximum Gasteiger partial charge on any atom is 0.189 e. The van der Waals surface area contributed by atoms with Crippen molar-refractivity contribution in [1.82, 2.24) is 0 Å². The molecule has 0 radical (unpaired) electrons. The Kier molecular flexibility index (Phi) is 4.79. The lowest BCUT2D eigenvalue weighted by Gasteiger charge is -2.26. The van der Waals surface area contributed by atoms with Crippen LogP contribution in [0.1, 0.15) is 43.0 Å². The molecule has 0 amide bonds. The van der Waals surface area contributed by atoms with Crippen molar-refractivity contribution in [2.24, 2.45) is 5.92 Å². The smallest absolute Gasteiger partial charge is 0.189 e. The van der Waals surface area contributed by atoms with Gasteiger partial charge in [0.05, 0.1) is 11.1 Å². The number of carbonyl (C=O) groups is 1. The number of benzene rings is 1. The van der Waals surface area contributed by atoms with E-state index in [1.807, 2.05) is 12.1 Å². The number of hydrogen-bond donors (Lipinski definition) is 0. The van der Waals surface area contributed by atoms with Gasteiger partial charge in [0, 0.05) is 5.56 Å². The van der Waals surface area contributed by atoms with E-state index in [9.17, 15) is 4.79 Å². The van der Waals surface area contributed by atoms with Gasteiger partial charge >= 0.3 is 0 Å². The normalized spacial score (nSPS) is 23.9. The quantitative estimate of drug-likeness (QED) is 0.767. The fourth-order valence-electron chi connectivity index (χ4n) is 2.35. The Bertz CT molecular complexity index is 409. The van der Waals surface area contributed by atoms with Crippen LogP contribution in [0.15, 0.2) is 24.3 Å². The Hall–Kier alpha value is -0.860. The largest absolute Gasteiger partial charge is 0.370 e. The Morgan fingerprint density at radius 2 is 1.94 bits per heavy atom. The molecule has 0 aliphatic heterocycles. The lowest BCUT2D eigenvalue weighted by molar-refractivity contribution is 0.0217. The molecule has 0 atom stereocenters. The third-order valence-corrected chi connectivity index (χ3v) is 3.92. The molecule has 0 aromatic heterocycles. The molecule has 1 saturated carbocycles. The fraction of sp³-hybridized carbons (Fsp3) is 0.533. The summed E-state index contributed by atoms with van der Waals surface area (Å²) in [5.41, 5.74) is 0.559. The summed E-state index contributed by atoms with van der Waals surface area (Å²) in [6.45, 7) is 2.41. The van der Waals surface area contributed by atoms with Crippen LogP contribution in [0.2, 0.25) is 5.02 Å². The molecule has 1 fully saturated rings. The van der Waals surface area contributed by atoms with Crippen LogP contribution < -0.4 is 0 Å². The second-order valence-corrected chi connectivity index (χ2v) is 5.50. The van der Waals surface area contributed by atoms with Gasteiger partial charge in [-0.2, -0.15) is 0 Å². The molecule has 1 aromatic rings. The van der Waals surface area contributed by atoms with Crippen molar-refractivity contribution in [3.05, 3.63) is 34.9 Å². The van der Waals surface area contributed by atoms with E-state index >= 15 is 0 Å². The molecule has 18 heavy (non-hydrogen) atoms. The molecule has 1 aliphatic carbocycles. The highest BCUT2D eigenvalue weighted by atomic mass is 35.5. The van der Waals surface area contributed by atoms with Crippen LogP contribution in [-0.4, -0.2) is 18.5 Å². The Labute approximate surface area is 113 Å². The van der Waals surface area contributed by atoms with E-state index in [2.05, 4.69) is 6.92 Å². The van der Waals surface area contributed by atoms with Gasteiger partial charge in [0.2, 0.25) is 0 Å². The van der Waals surface area contributed by atoms with Crippen molar-refractivity contribution < 1.29 is 9.53 Å². The molecule has 0 heterocycles. The SMILES string of the molecule is CC1CCC(OCC(=O)c2ccccc2Cl)CC1. The van der Waals surface area contributed by atoms with Gasteiger partial charge in [-0.15, -0.1) is 0 Å². The van der Waals surface area contributed by atoms with Gasteiger partial charge in [-0.25, -0.2) is 0 Å². The summed E-state index contributed by atoms with van der Waals surface area (Å²) in [4.78, 5) is 12.0. The first-order chi connectivity index (χ1) is 8.66. The molecular formula is C15H19ClO2. The van der Waals surface area contributed by atoms with Gasteiger partial charge in [-0.3, -0.25) is 4.79 Å². The summed E-state index contributed by atoms with van der Waals surface area (Å²) >= 11 is 5.98. The fourth-order valence-corrected chi connectivity index (χ4v) is 2.60. The van der Waals surface area contributed by atoms with Crippen LogP contribution in [0, 0.1) is 5.92 Å². The van der Waals surface area contributed by atoms with Crippen LogP contribution >= 0.6 is 11.6 Å². The van der Waals surface area contributed by atoms with Crippen molar-refractivity contribution in [3.8, 4) is 0 Å². The zero-order chi connectivity index (χ0) is 13.0. The number of ketones is 1. The van der Waals surface area contributed by atoms with E-state index in [1.165, 1.54) is 12.8 Å². The van der Waals surface area contributed by atoms with Crippen molar-refractivity contribution in [2.75, 3.05) is 6.61 Å². The van der Waals surface area contributed by atoms with Gasteiger partial charge in [0.25, 0.3) is 0 Å². The summed E-state index contributed by atoms with van der Waals surface area (Å²) in [7, 11) is 0. The minimum absolute atomic E-state index is 0.0285. The van der Waals surface area contributed by atoms with Gasteiger partial charge in [0.1, 0.15) is 6.61 Å². The molecule has 0 bridgehead atoms. The monoisotopic (exact) mass is 266 g/mol. The topological polar surface area (TPSA) is 26.3 Å². The van der Waals surface area contributed by atoms with Crippen molar-refractivity contribution in [3.63, 3.8) is 0 Å². The highest BCUT2D eigenvalue weighted by molar-refractivity contribution is 6.34. The standard InChI is InChI=1S/C15H19ClO2/c1-11-6-8-12(9-7-11)18-10-15(17)13-4-2-3-5-14(13)16/h2-5,11-12H,6-10H2,1H3. The number of Topliss-reactive ketones (excluding diaryl/α,β-unsaturated/α-hetero) is 1.